The lowest BCUT2D eigenvalue weighted by molar-refractivity contribution is -0.0164. The highest BCUT2D eigenvalue weighted by Crippen LogP contribution is 2.11. The molecule has 0 bridgehead atoms. The lowest BCUT2D eigenvalue weighted by Gasteiger charge is -2.19. The Hall–Kier alpha value is -0.200. The van der Waals surface area contributed by atoms with Gasteiger partial charge >= 0.3 is 0 Å². The Balaban J connectivity index is 1.91. The van der Waals surface area contributed by atoms with Crippen LogP contribution in [0, 0.1) is 0 Å². The molecule has 0 aromatic carbocycles. The smallest absolute Gasteiger partial charge is 0.0897 e. The first-order chi connectivity index (χ1) is 9.26. The average molecular weight is 274 g/mol. The van der Waals surface area contributed by atoms with Gasteiger partial charge in [0.25, 0.3) is 0 Å². The first kappa shape index (κ1) is 16.9. The van der Waals surface area contributed by atoms with E-state index in [4.69, 9.17) is 9.47 Å². The molecule has 1 fully saturated rings. The number of ether oxygens (including phenoxy) is 2. The molecule has 0 aromatic rings. The van der Waals surface area contributed by atoms with Crippen LogP contribution in [0.3, 0.4) is 0 Å². The molecule has 1 heterocycles. The van der Waals surface area contributed by atoms with Gasteiger partial charge in [0.05, 0.1) is 25.4 Å². The molecule has 0 aliphatic carbocycles. The maximum absolute atomic E-state index is 9.76. The number of hydrogen-bond donors (Lipinski definition) is 2. The second-order valence-electron chi connectivity index (χ2n) is 5.06. The third-order valence-electron chi connectivity index (χ3n) is 3.52. The van der Waals surface area contributed by atoms with Crippen LogP contribution in [0.4, 0.5) is 0 Å². The number of rotatable bonds is 11. The third kappa shape index (κ3) is 7.84. The molecule has 1 aliphatic rings. The van der Waals surface area contributed by atoms with Gasteiger partial charge in [-0.05, 0) is 25.9 Å². The fourth-order valence-corrected chi connectivity index (χ4v) is 2.22. The molecule has 5 nitrogen and oxygen atoms in total. The summed E-state index contributed by atoms with van der Waals surface area (Å²) in [6, 6.07) is 0. The first-order valence-electron chi connectivity index (χ1n) is 7.56. The number of nitrogens with one attached hydrogen (secondary N) is 1. The zero-order valence-electron chi connectivity index (χ0n) is 12.4. The van der Waals surface area contributed by atoms with E-state index in [-0.39, 0.29) is 6.10 Å². The van der Waals surface area contributed by atoms with Crippen LogP contribution in [0.2, 0.25) is 0 Å². The number of hydrogen-bond acceptors (Lipinski definition) is 5. The van der Waals surface area contributed by atoms with Crippen molar-refractivity contribution in [1.29, 1.82) is 0 Å². The minimum atomic E-state index is -0.432. The summed E-state index contributed by atoms with van der Waals surface area (Å²) < 4.78 is 10.9. The van der Waals surface area contributed by atoms with Gasteiger partial charge in [-0.25, -0.2) is 0 Å². The van der Waals surface area contributed by atoms with Crippen molar-refractivity contribution in [3.8, 4) is 0 Å². The average Bonchev–Trinajstić information content (AvgIpc) is 2.92. The van der Waals surface area contributed by atoms with Gasteiger partial charge in [0, 0.05) is 26.2 Å². The Kier molecular flexibility index (Phi) is 9.38. The molecular formula is C14H30N2O3. The molecule has 0 radical (unpaired) electrons. The summed E-state index contributed by atoms with van der Waals surface area (Å²) in [6.45, 7) is 10.8. The second-order valence-corrected chi connectivity index (χ2v) is 5.06. The molecule has 1 saturated heterocycles. The lowest BCUT2D eigenvalue weighted by atomic mass is 10.2. The zero-order valence-corrected chi connectivity index (χ0v) is 12.4. The summed E-state index contributed by atoms with van der Waals surface area (Å²) in [4.78, 5) is 2.35. The third-order valence-corrected chi connectivity index (χ3v) is 3.52. The maximum atomic E-state index is 9.76. The summed E-state index contributed by atoms with van der Waals surface area (Å²) in [6.07, 6.45) is 2.02. The van der Waals surface area contributed by atoms with Gasteiger partial charge in [-0.15, -0.1) is 0 Å². The van der Waals surface area contributed by atoms with Crippen LogP contribution in [0.5, 0.6) is 0 Å². The normalized spacial score (nSPS) is 21.2. The van der Waals surface area contributed by atoms with E-state index in [1.165, 1.54) is 0 Å². The monoisotopic (exact) mass is 274 g/mol. The summed E-state index contributed by atoms with van der Waals surface area (Å²) in [7, 11) is 0. The predicted octanol–water partition coefficient (Wildman–Crippen LogP) is 0.474. The molecule has 1 aliphatic heterocycles. The number of likely N-dealkylation sites (N-methyl/N-ethyl adjacent to an activating group) is 1. The van der Waals surface area contributed by atoms with Gasteiger partial charge in [0.1, 0.15) is 0 Å². The number of aliphatic hydroxyl groups excluding tert-OH is 1. The highest BCUT2D eigenvalue weighted by atomic mass is 16.5. The van der Waals surface area contributed by atoms with Crippen molar-refractivity contribution in [1.82, 2.24) is 10.2 Å². The number of aliphatic hydroxyl groups is 1. The molecule has 0 saturated carbocycles. The molecular weight excluding hydrogens is 244 g/mol. The summed E-state index contributed by atoms with van der Waals surface area (Å²) >= 11 is 0. The molecule has 19 heavy (non-hydrogen) atoms. The first-order valence-corrected chi connectivity index (χ1v) is 7.56. The largest absolute Gasteiger partial charge is 0.389 e. The molecule has 0 spiro atoms. The van der Waals surface area contributed by atoms with Crippen molar-refractivity contribution < 1.29 is 14.6 Å². The van der Waals surface area contributed by atoms with Crippen molar-refractivity contribution in [2.24, 2.45) is 0 Å². The molecule has 2 N–H and O–H groups in total. The standard InChI is InChI=1S/C14H30N2O3/c1-3-16(4-2)8-7-15-10-13(17)11-18-12-14-6-5-9-19-14/h13-15,17H,3-12H2,1-2H3. The van der Waals surface area contributed by atoms with Crippen LogP contribution < -0.4 is 5.32 Å². The minimum absolute atomic E-state index is 0.239. The highest BCUT2D eigenvalue weighted by Gasteiger charge is 2.15. The van der Waals surface area contributed by atoms with Crippen LogP contribution >= 0.6 is 0 Å². The topological polar surface area (TPSA) is 54.0 Å². The van der Waals surface area contributed by atoms with E-state index < -0.39 is 6.10 Å². The Morgan fingerprint density at radius 1 is 1.42 bits per heavy atom. The van der Waals surface area contributed by atoms with E-state index in [2.05, 4.69) is 24.1 Å². The molecule has 0 amide bonds. The Labute approximate surface area is 117 Å². The van der Waals surface area contributed by atoms with Gasteiger partial charge in [-0.3, -0.25) is 0 Å². The quantitative estimate of drug-likeness (QED) is 0.537. The van der Waals surface area contributed by atoms with Crippen molar-refractivity contribution >= 4 is 0 Å². The van der Waals surface area contributed by atoms with E-state index in [0.717, 1.165) is 45.6 Å². The SMILES string of the molecule is CCN(CC)CCNCC(O)COCC1CCCO1. The number of nitrogens with zero attached hydrogens (tertiary/aromatic N) is 1. The zero-order chi connectivity index (χ0) is 13.9. The molecule has 0 aromatic heterocycles. The van der Waals surface area contributed by atoms with Crippen molar-refractivity contribution in [3.05, 3.63) is 0 Å². The van der Waals surface area contributed by atoms with Crippen molar-refractivity contribution in [3.63, 3.8) is 0 Å². The minimum Gasteiger partial charge on any atom is -0.389 e. The molecule has 2 atom stereocenters. The van der Waals surface area contributed by atoms with Crippen LogP contribution in [0.25, 0.3) is 0 Å². The van der Waals surface area contributed by atoms with E-state index >= 15 is 0 Å². The van der Waals surface area contributed by atoms with Gasteiger partial charge in [0.2, 0.25) is 0 Å². The summed E-state index contributed by atoms with van der Waals surface area (Å²) in [5, 5.41) is 13.0. The predicted molar refractivity (Wildman–Crippen MR) is 76.5 cm³/mol. The Morgan fingerprint density at radius 3 is 2.84 bits per heavy atom. The molecule has 2 unspecified atom stereocenters. The van der Waals surface area contributed by atoms with Crippen LogP contribution in [-0.4, -0.2) is 74.8 Å². The van der Waals surface area contributed by atoms with Crippen LogP contribution in [0.1, 0.15) is 26.7 Å². The summed E-state index contributed by atoms with van der Waals surface area (Å²) in [5.41, 5.74) is 0. The van der Waals surface area contributed by atoms with E-state index in [1.54, 1.807) is 0 Å². The Morgan fingerprint density at radius 2 is 2.21 bits per heavy atom. The molecule has 1 rings (SSSR count). The van der Waals surface area contributed by atoms with Gasteiger partial charge in [0.15, 0.2) is 0 Å². The van der Waals surface area contributed by atoms with E-state index in [1.807, 2.05) is 0 Å². The lowest BCUT2D eigenvalue weighted by Crippen LogP contribution is -2.37. The fraction of sp³-hybridized carbons (Fsp3) is 1.00. The van der Waals surface area contributed by atoms with Gasteiger partial charge in [-0.2, -0.15) is 0 Å². The van der Waals surface area contributed by atoms with Crippen molar-refractivity contribution in [2.75, 3.05) is 52.5 Å². The van der Waals surface area contributed by atoms with Crippen LogP contribution in [-0.2, 0) is 9.47 Å². The summed E-state index contributed by atoms with van der Waals surface area (Å²) in [5.74, 6) is 0. The second kappa shape index (κ2) is 10.6. The van der Waals surface area contributed by atoms with E-state index in [9.17, 15) is 5.11 Å². The Bertz CT molecular complexity index is 207. The molecule has 5 heteroatoms. The maximum Gasteiger partial charge on any atom is 0.0897 e. The van der Waals surface area contributed by atoms with E-state index in [0.29, 0.717) is 19.8 Å². The van der Waals surface area contributed by atoms with Gasteiger partial charge in [-0.1, -0.05) is 13.8 Å². The van der Waals surface area contributed by atoms with Crippen molar-refractivity contribution in [2.45, 2.75) is 38.9 Å². The molecule has 114 valence electrons. The highest BCUT2D eigenvalue weighted by molar-refractivity contribution is 4.65. The van der Waals surface area contributed by atoms with Crippen LogP contribution in [0.15, 0.2) is 0 Å². The van der Waals surface area contributed by atoms with Gasteiger partial charge < -0.3 is 24.8 Å². The fourth-order valence-electron chi connectivity index (χ4n) is 2.22.